The van der Waals surface area contributed by atoms with Crippen LogP contribution in [0.25, 0.3) is 0 Å². The minimum Gasteiger partial charge on any atom is -0.493 e. The number of hydrogen-bond donors (Lipinski definition) is 1. The second kappa shape index (κ2) is 5.90. The average molecular weight is 221 g/mol. The molecule has 0 saturated carbocycles. The Balaban J connectivity index is 2.61. The number of hydrogen-bond acceptors (Lipinski definition) is 2. The molecule has 0 aliphatic rings. The highest BCUT2D eigenvalue weighted by Crippen LogP contribution is 2.22. The summed E-state index contributed by atoms with van der Waals surface area (Å²) >= 11 is 0. The Bertz CT molecular complexity index is 332. The van der Waals surface area contributed by atoms with Gasteiger partial charge in [0.2, 0.25) is 0 Å². The van der Waals surface area contributed by atoms with Gasteiger partial charge >= 0.3 is 0 Å². The fourth-order valence-corrected chi connectivity index (χ4v) is 1.52. The molecule has 90 valence electrons. The highest BCUT2D eigenvalue weighted by Gasteiger charge is 2.04. The Kier molecular flexibility index (Phi) is 4.81. The first-order chi connectivity index (χ1) is 7.50. The van der Waals surface area contributed by atoms with Gasteiger partial charge in [0.15, 0.2) is 0 Å². The first-order valence-electron chi connectivity index (χ1n) is 5.99. The molecule has 2 heteroatoms. The molecule has 1 aromatic carbocycles. The lowest BCUT2D eigenvalue weighted by Gasteiger charge is -2.13. The summed E-state index contributed by atoms with van der Waals surface area (Å²) in [6, 6.07) is 6.26. The molecule has 0 fully saturated rings. The lowest BCUT2D eigenvalue weighted by Crippen LogP contribution is -2.06. The highest BCUT2D eigenvalue weighted by atomic mass is 16.5. The molecule has 16 heavy (non-hydrogen) atoms. The van der Waals surface area contributed by atoms with Gasteiger partial charge in [0.1, 0.15) is 5.75 Å². The molecule has 0 aliphatic carbocycles. The van der Waals surface area contributed by atoms with E-state index in [-0.39, 0.29) is 6.04 Å². The van der Waals surface area contributed by atoms with E-state index in [1.54, 1.807) is 0 Å². The molecule has 1 rings (SSSR count). The third-order valence-corrected chi connectivity index (χ3v) is 2.68. The predicted molar refractivity (Wildman–Crippen MR) is 68.7 cm³/mol. The van der Waals surface area contributed by atoms with Crippen LogP contribution >= 0.6 is 0 Å². The maximum atomic E-state index is 5.83. The number of nitrogens with two attached hydrogens (primary N) is 1. The molecular formula is C14H23NO. The maximum absolute atomic E-state index is 5.83. The predicted octanol–water partition coefficient (Wildman–Crippen LogP) is 3.44. The van der Waals surface area contributed by atoms with Crippen LogP contribution in [0.2, 0.25) is 0 Å². The monoisotopic (exact) mass is 221 g/mol. The zero-order valence-electron chi connectivity index (χ0n) is 10.8. The topological polar surface area (TPSA) is 35.2 Å². The minimum absolute atomic E-state index is 0.0865. The van der Waals surface area contributed by atoms with E-state index in [1.807, 2.05) is 19.1 Å². The van der Waals surface area contributed by atoms with Crippen molar-refractivity contribution >= 4 is 0 Å². The van der Waals surface area contributed by atoms with Gasteiger partial charge < -0.3 is 10.5 Å². The minimum atomic E-state index is 0.0865. The van der Waals surface area contributed by atoms with Crippen molar-refractivity contribution in [1.29, 1.82) is 0 Å². The Morgan fingerprint density at radius 3 is 2.44 bits per heavy atom. The van der Waals surface area contributed by atoms with Crippen molar-refractivity contribution in [3.8, 4) is 5.75 Å². The van der Waals surface area contributed by atoms with Gasteiger partial charge in [-0.3, -0.25) is 0 Å². The Labute approximate surface area is 98.8 Å². The SMILES string of the molecule is Cc1cc([C@@H](C)N)ccc1OCCC(C)C. The van der Waals surface area contributed by atoms with E-state index in [9.17, 15) is 0 Å². The van der Waals surface area contributed by atoms with Crippen LogP contribution in [0.1, 0.15) is 44.4 Å². The van der Waals surface area contributed by atoms with E-state index in [2.05, 4.69) is 26.8 Å². The molecule has 0 heterocycles. The van der Waals surface area contributed by atoms with E-state index in [0.29, 0.717) is 5.92 Å². The molecule has 0 aliphatic heterocycles. The fraction of sp³-hybridized carbons (Fsp3) is 0.571. The van der Waals surface area contributed by atoms with Crippen LogP contribution in [0.5, 0.6) is 5.75 Å². The summed E-state index contributed by atoms with van der Waals surface area (Å²) in [4.78, 5) is 0. The largest absolute Gasteiger partial charge is 0.493 e. The van der Waals surface area contributed by atoms with Crippen LogP contribution in [-0.4, -0.2) is 6.61 Å². The van der Waals surface area contributed by atoms with E-state index < -0.39 is 0 Å². The molecule has 0 bridgehead atoms. The molecular weight excluding hydrogens is 198 g/mol. The van der Waals surface area contributed by atoms with Gasteiger partial charge in [-0.25, -0.2) is 0 Å². The van der Waals surface area contributed by atoms with E-state index in [1.165, 1.54) is 5.56 Å². The summed E-state index contributed by atoms with van der Waals surface area (Å²) in [6.07, 6.45) is 1.09. The first kappa shape index (κ1) is 13.0. The van der Waals surface area contributed by atoms with Crippen molar-refractivity contribution in [3.63, 3.8) is 0 Å². The quantitative estimate of drug-likeness (QED) is 0.826. The molecule has 2 nitrogen and oxygen atoms in total. The molecule has 0 saturated heterocycles. The summed E-state index contributed by atoms with van der Waals surface area (Å²) in [6.45, 7) is 9.26. The van der Waals surface area contributed by atoms with Crippen molar-refractivity contribution in [1.82, 2.24) is 0 Å². The van der Waals surface area contributed by atoms with Gasteiger partial charge in [0.25, 0.3) is 0 Å². The summed E-state index contributed by atoms with van der Waals surface area (Å²) < 4.78 is 5.74. The highest BCUT2D eigenvalue weighted by molar-refractivity contribution is 5.37. The van der Waals surface area contributed by atoms with Crippen molar-refractivity contribution in [2.24, 2.45) is 11.7 Å². The van der Waals surface area contributed by atoms with Gasteiger partial charge in [0, 0.05) is 6.04 Å². The fourth-order valence-electron chi connectivity index (χ4n) is 1.52. The average Bonchev–Trinajstić information content (AvgIpc) is 2.19. The molecule has 0 aromatic heterocycles. The van der Waals surface area contributed by atoms with Crippen LogP contribution in [0.4, 0.5) is 0 Å². The Hall–Kier alpha value is -1.02. The van der Waals surface area contributed by atoms with Gasteiger partial charge in [0.05, 0.1) is 6.61 Å². The number of aryl methyl sites for hydroxylation is 1. The smallest absolute Gasteiger partial charge is 0.122 e. The number of benzene rings is 1. The second-order valence-electron chi connectivity index (χ2n) is 4.84. The van der Waals surface area contributed by atoms with E-state index >= 15 is 0 Å². The molecule has 1 atom stereocenters. The van der Waals surface area contributed by atoms with Crippen LogP contribution in [0.3, 0.4) is 0 Å². The standard InChI is InChI=1S/C14H23NO/c1-10(2)7-8-16-14-6-5-13(12(4)15)9-11(14)3/h5-6,9-10,12H,7-8,15H2,1-4H3/t12-/m1/s1. The van der Waals surface area contributed by atoms with Gasteiger partial charge in [-0.15, -0.1) is 0 Å². The second-order valence-corrected chi connectivity index (χ2v) is 4.84. The zero-order chi connectivity index (χ0) is 12.1. The lowest BCUT2D eigenvalue weighted by atomic mass is 10.1. The number of ether oxygens (including phenoxy) is 1. The lowest BCUT2D eigenvalue weighted by molar-refractivity contribution is 0.287. The molecule has 0 radical (unpaired) electrons. The maximum Gasteiger partial charge on any atom is 0.122 e. The first-order valence-corrected chi connectivity index (χ1v) is 5.99. The normalized spacial score (nSPS) is 12.9. The van der Waals surface area contributed by atoms with Crippen LogP contribution in [-0.2, 0) is 0 Å². The summed E-state index contributed by atoms with van der Waals surface area (Å²) in [5.74, 6) is 1.66. The van der Waals surface area contributed by atoms with Crippen molar-refractivity contribution in [2.75, 3.05) is 6.61 Å². The van der Waals surface area contributed by atoms with E-state index in [4.69, 9.17) is 10.5 Å². The molecule has 2 N–H and O–H groups in total. The van der Waals surface area contributed by atoms with Crippen molar-refractivity contribution in [3.05, 3.63) is 29.3 Å². The van der Waals surface area contributed by atoms with E-state index in [0.717, 1.165) is 24.3 Å². The van der Waals surface area contributed by atoms with Crippen molar-refractivity contribution < 1.29 is 4.74 Å². The van der Waals surface area contributed by atoms with Crippen LogP contribution in [0, 0.1) is 12.8 Å². The van der Waals surface area contributed by atoms with Crippen molar-refractivity contribution in [2.45, 2.75) is 40.2 Å². The van der Waals surface area contributed by atoms with Gasteiger partial charge in [-0.05, 0) is 43.4 Å². The zero-order valence-corrected chi connectivity index (χ0v) is 10.8. The Morgan fingerprint density at radius 1 is 1.25 bits per heavy atom. The molecule has 1 aromatic rings. The number of rotatable bonds is 5. The van der Waals surface area contributed by atoms with Crippen LogP contribution in [0.15, 0.2) is 18.2 Å². The van der Waals surface area contributed by atoms with Gasteiger partial charge in [-0.1, -0.05) is 26.0 Å². The third kappa shape index (κ3) is 3.86. The Morgan fingerprint density at radius 2 is 1.94 bits per heavy atom. The van der Waals surface area contributed by atoms with Crippen LogP contribution < -0.4 is 10.5 Å². The molecule has 0 unspecified atom stereocenters. The summed E-state index contributed by atoms with van der Waals surface area (Å²) in [5, 5.41) is 0. The molecule has 0 amide bonds. The molecule has 0 spiro atoms. The van der Waals surface area contributed by atoms with Gasteiger partial charge in [-0.2, -0.15) is 0 Å². The third-order valence-electron chi connectivity index (χ3n) is 2.68. The summed E-state index contributed by atoms with van der Waals surface area (Å²) in [5.41, 5.74) is 8.16. The summed E-state index contributed by atoms with van der Waals surface area (Å²) in [7, 11) is 0.